The van der Waals surface area contributed by atoms with E-state index in [4.69, 9.17) is 4.42 Å². The molecule has 0 aliphatic rings. The fraction of sp³-hybridized carbons (Fsp3) is 0.118. The number of nitro benzene ring substituents is 1. The molecule has 0 aliphatic carbocycles. The van der Waals surface area contributed by atoms with Gasteiger partial charge in [0.15, 0.2) is 0 Å². The number of nitro groups is 1. The first-order valence-corrected chi connectivity index (χ1v) is 6.92. The molecule has 5 nitrogen and oxygen atoms in total. The first-order valence-electron chi connectivity index (χ1n) is 6.92. The van der Waals surface area contributed by atoms with E-state index in [1.807, 2.05) is 6.07 Å². The molecule has 2 aromatic carbocycles. The van der Waals surface area contributed by atoms with Crippen LogP contribution in [0.3, 0.4) is 0 Å². The second kappa shape index (κ2) is 5.64. The van der Waals surface area contributed by atoms with Gasteiger partial charge in [-0.05, 0) is 24.1 Å². The van der Waals surface area contributed by atoms with E-state index in [0.29, 0.717) is 16.7 Å². The summed E-state index contributed by atoms with van der Waals surface area (Å²) in [6.07, 6.45) is -0.0630. The Morgan fingerprint density at radius 2 is 1.91 bits per heavy atom. The highest BCUT2D eigenvalue weighted by atomic mass is 19.1. The zero-order chi connectivity index (χ0) is 16.6. The minimum Gasteiger partial charge on any atom is -0.423 e. The van der Waals surface area contributed by atoms with Crippen molar-refractivity contribution in [2.24, 2.45) is 0 Å². The van der Waals surface area contributed by atoms with Crippen LogP contribution in [-0.2, 0) is 6.42 Å². The van der Waals surface area contributed by atoms with E-state index in [-0.39, 0.29) is 12.0 Å². The number of aryl methyl sites for hydroxylation is 1. The number of hydrogen-bond donors (Lipinski definition) is 0. The topological polar surface area (TPSA) is 73.3 Å². The van der Waals surface area contributed by atoms with Crippen molar-refractivity contribution >= 4 is 16.7 Å². The lowest BCUT2D eigenvalue weighted by molar-refractivity contribution is -0.387. The van der Waals surface area contributed by atoms with E-state index in [2.05, 4.69) is 0 Å². The van der Waals surface area contributed by atoms with Gasteiger partial charge in [-0.2, -0.15) is 4.39 Å². The summed E-state index contributed by atoms with van der Waals surface area (Å²) >= 11 is 0. The monoisotopic (exact) mass is 313 g/mol. The fourth-order valence-electron chi connectivity index (χ4n) is 2.58. The molecule has 0 fully saturated rings. The molecule has 0 N–H and O–H groups in total. The normalized spacial score (nSPS) is 10.9. The van der Waals surface area contributed by atoms with Gasteiger partial charge in [0, 0.05) is 23.4 Å². The van der Waals surface area contributed by atoms with Crippen LogP contribution < -0.4 is 5.63 Å². The molecule has 1 aromatic heterocycles. The molecule has 23 heavy (non-hydrogen) atoms. The summed E-state index contributed by atoms with van der Waals surface area (Å²) < 4.78 is 19.5. The number of fused-ring (bicyclic) bond motifs is 1. The van der Waals surface area contributed by atoms with Crippen LogP contribution in [0.25, 0.3) is 11.0 Å². The van der Waals surface area contributed by atoms with Gasteiger partial charge in [-0.15, -0.1) is 0 Å². The number of rotatable bonds is 3. The Hall–Kier alpha value is -3.02. The van der Waals surface area contributed by atoms with Crippen molar-refractivity contribution in [3.05, 3.63) is 85.5 Å². The third-order valence-electron chi connectivity index (χ3n) is 3.82. The third-order valence-corrected chi connectivity index (χ3v) is 3.82. The lowest BCUT2D eigenvalue weighted by Crippen LogP contribution is -2.12. The van der Waals surface area contributed by atoms with E-state index in [1.165, 1.54) is 12.1 Å². The van der Waals surface area contributed by atoms with Crippen LogP contribution in [0, 0.1) is 22.9 Å². The van der Waals surface area contributed by atoms with Crippen molar-refractivity contribution in [1.82, 2.24) is 0 Å². The van der Waals surface area contributed by atoms with Crippen LogP contribution in [0.2, 0.25) is 0 Å². The van der Waals surface area contributed by atoms with Crippen molar-refractivity contribution in [1.29, 1.82) is 0 Å². The Morgan fingerprint density at radius 3 is 2.65 bits per heavy atom. The maximum absolute atomic E-state index is 14.2. The van der Waals surface area contributed by atoms with Gasteiger partial charge in [-0.3, -0.25) is 10.1 Å². The molecule has 0 saturated carbocycles. The lowest BCUT2D eigenvalue weighted by Gasteiger charge is -2.08. The maximum atomic E-state index is 14.2. The summed E-state index contributed by atoms with van der Waals surface area (Å²) in [6, 6.07) is 11.0. The third kappa shape index (κ3) is 2.59. The fourth-order valence-corrected chi connectivity index (χ4v) is 2.58. The molecule has 0 spiro atoms. The first kappa shape index (κ1) is 14.9. The van der Waals surface area contributed by atoms with E-state index < -0.39 is 22.1 Å². The molecule has 0 aliphatic heterocycles. The van der Waals surface area contributed by atoms with Crippen LogP contribution >= 0.6 is 0 Å². The van der Waals surface area contributed by atoms with Crippen molar-refractivity contribution in [3.63, 3.8) is 0 Å². The first-order chi connectivity index (χ1) is 11.0. The van der Waals surface area contributed by atoms with Crippen molar-refractivity contribution in [2.45, 2.75) is 13.3 Å². The van der Waals surface area contributed by atoms with Gasteiger partial charge >= 0.3 is 11.3 Å². The Balaban J connectivity index is 2.15. The minimum absolute atomic E-state index is 0.0630. The van der Waals surface area contributed by atoms with Gasteiger partial charge in [0.1, 0.15) is 5.58 Å². The Morgan fingerprint density at radius 1 is 1.17 bits per heavy atom. The lowest BCUT2D eigenvalue weighted by atomic mass is 9.99. The van der Waals surface area contributed by atoms with Gasteiger partial charge in [0.05, 0.1) is 4.92 Å². The number of nitrogens with zero attached hydrogens (tertiary/aromatic N) is 1. The average molecular weight is 313 g/mol. The number of halogens is 1. The zero-order valence-electron chi connectivity index (χ0n) is 12.2. The highest BCUT2D eigenvalue weighted by molar-refractivity contribution is 5.80. The highest BCUT2D eigenvalue weighted by Gasteiger charge is 2.20. The summed E-state index contributed by atoms with van der Waals surface area (Å²) in [4.78, 5) is 22.2. The van der Waals surface area contributed by atoms with E-state index in [9.17, 15) is 19.3 Å². The number of hydrogen-bond acceptors (Lipinski definition) is 4. The molecule has 0 radical (unpaired) electrons. The van der Waals surface area contributed by atoms with Crippen LogP contribution in [-0.4, -0.2) is 4.92 Å². The molecule has 1 heterocycles. The zero-order valence-corrected chi connectivity index (χ0v) is 12.2. The summed E-state index contributed by atoms with van der Waals surface area (Å²) in [5, 5.41) is 11.6. The Bertz CT molecular complexity index is 978. The molecular formula is C17H12FNO4. The molecule has 0 amide bonds. The Kier molecular flexibility index (Phi) is 3.65. The minimum atomic E-state index is -0.926. The van der Waals surface area contributed by atoms with E-state index in [1.54, 1.807) is 25.1 Å². The smallest absolute Gasteiger partial charge is 0.340 e. The molecule has 116 valence electrons. The molecule has 6 heteroatoms. The Labute approximate surface area is 130 Å². The summed E-state index contributed by atoms with van der Waals surface area (Å²) in [7, 11) is 0. The van der Waals surface area contributed by atoms with Crippen molar-refractivity contribution in [3.8, 4) is 0 Å². The summed E-state index contributed by atoms with van der Waals surface area (Å²) in [5.41, 5.74) is 0.353. The molecular weight excluding hydrogens is 301 g/mol. The number of para-hydroxylation sites is 1. The molecule has 0 saturated heterocycles. The van der Waals surface area contributed by atoms with Crippen LogP contribution in [0.1, 0.15) is 16.7 Å². The largest absolute Gasteiger partial charge is 0.423 e. The standard InChI is InChI=1S/C17H12FNO4/c1-10-12-6-2-3-8-15(12)23-17(20)13(10)9-11-5-4-7-14(16(11)18)19(21)22/h2-8H,9H2,1H3. The van der Waals surface area contributed by atoms with Crippen LogP contribution in [0.15, 0.2) is 51.7 Å². The highest BCUT2D eigenvalue weighted by Crippen LogP contribution is 2.25. The van der Waals surface area contributed by atoms with Gasteiger partial charge < -0.3 is 4.42 Å². The second-order valence-electron chi connectivity index (χ2n) is 5.17. The molecule has 3 aromatic rings. The van der Waals surface area contributed by atoms with Crippen LogP contribution in [0.5, 0.6) is 0 Å². The summed E-state index contributed by atoms with van der Waals surface area (Å²) in [6.45, 7) is 1.75. The molecule has 3 rings (SSSR count). The molecule has 0 bridgehead atoms. The van der Waals surface area contributed by atoms with Gasteiger partial charge in [0.2, 0.25) is 5.82 Å². The van der Waals surface area contributed by atoms with Gasteiger partial charge in [0.25, 0.3) is 0 Å². The predicted octanol–water partition coefficient (Wildman–Crippen LogP) is 3.74. The average Bonchev–Trinajstić information content (AvgIpc) is 2.52. The molecule has 0 atom stereocenters. The molecule has 0 unspecified atom stereocenters. The van der Waals surface area contributed by atoms with Gasteiger partial charge in [-0.25, -0.2) is 4.79 Å². The quantitative estimate of drug-likeness (QED) is 0.419. The SMILES string of the molecule is Cc1c(Cc2cccc([N+](=O)[O-])c2F)c(=O)oc2ccccc12. The van der Waals surface area contributed by atoms with E-state index >= 15 is 0 Å². The van der Waals surface area contributed by atoms with Crippen molar-refractivity contribution < 1.29 is 13.7 Å². The van der Waals surface area contributed by atoms with Crippen LogP contribution in [0.4, 0.5) is 10.1 Å². The second-order valence-corrected chi connectivity index (χ2v) is 5.17. The van der Waals surface area contributed by atoms with E-state index in [0.717, 1.165) is 11.5 Å². The maximum Gasteiger partial charge on any atom is 0.340 e. The van der Waals surface area contributed by atoms with Gasteiger partial charge in [-0.1, -0.05) is 30.3 Å². The number of benzene rings is 2. The predicted molar refractivity (Wildman–Crippen MR) is 83.1 cm³/mol. The summed E-state index contributed by atoms with van der Waals surface area (Å²) in [5.74, 6) is -0.926. The van der Waals surface area contributed by atoms with Crippen molar-refractivity contribution in [2.75, 3.05) is 0 Å².